The number of likely N-dealkylation sites (N-methyl/N-ethyl adjacent to an activating group) is 1. The van der Waals surface area contributed by atoms with Crippen LogP contribution in [0.25, 0.3) is 0 Å². The summed E-state index contributed by atoms with van der Waals surface area (Å²) in [7, 11) is 3.12. The molecule has 7 nitrogen and oxygen atoms in total. The van der Waals surface area contributed by atoms with Crippen molar-refractivity contribution in [3.05, 3.63) is 33.9 Å². The average molecular weight is 267 g/mol. The number of hydrogen-bond acceptors (Lipinski definition) is 5. The van der Waals surface area contributed by atoms with E-state index < -0.39 is 11.0 Å². The molecule has 0 bridgehead atoms. The molecule has 0 fully saturated rings. The quantitative estimate of drug-likeness (QED) is 0.615. The Morgan fingerprint density at radius 2 is 2.21 bits per heavy atom. The minimum absolute atomic E-state index is 0.0859. The molecule has 19 heavy (non-hydrogen) atoms. The topological polar surface area (TPSA) is 95.7 Å². The van der Waals surface area contributed by atoms with E-state index in [1.54, 1.807) is 21.0 Å². The van der Waals surface area contributed by atoms with Crippen molar-refractivity contribution in [3.63, 3.8) is 0 Å². The van der Waals surface area contributed by atoms with Crippen molar-refractivity contribution in [2.24, 2.45) is 0 Å². The van der Waals surface area contributed by atoms with Crippen molar-refractivity contribution in [2.75, 3.05) is 26.0 Å². The molecule has 0 radical (unpaired) electrons. The Balaban J connectivity index is 3.02. The molecule has 1 atom stereocenters. The van der Waals surface area contributed by atoms with Gasteiger partial charge in [0.05, 0.1) is 11.0 Å². The molecule has 104 valence electrons. The molecule has 0 spiro atoms. The molecule has 2 N–H and O–H groups in total. The van der Waals surface area contributed by atoms with E-state index in [9.17, 15) is 20.0 Å². The third-order valence-electron chi connectivity index (χ3n) is 2.59. The fraction of sp³-hybridized carbons (Fsp3) is 0.417. The molecule has 1 rings (SSSR count). The van der Waals surface area contributed by atoms with Gasteiger partial charge >= 0.3 is 0 Å². The zero-order chi connectivity index (χ0) is 14.6. The van der Waals surface area contributed by atoms with Gasteiger partial charge in [0.15, 0.2) is 0 Å². The summed E-state index contributed by atoms with van der Waals surface area (Å²) in [6.45, 7) is 1.78. The van der Waals surface area contributed by atoms with E-state index in [1.165, 1.54) is 23.1 Å². The first-order chi connectivity index (χ1) is 8.86. The second kappa shape index (κ2) is 6.14. The van der Waals surface area contributed by atoms with Crippen LogP contribution in [0, 0.1) is 10.1 Å². The van der Waals surface area contributed by atoms with Crippen LogP contribution in [0.2, 0.25) is 0 Å². The van der Waals surface area contributed by atoms with Gasteiger partial charge in [-0.3, -0.25) is 14.9 Å². The van der Waals surface area contributed by atoms with Gasteiger partial charge in [-0.2, -0.15) is 0 Å². The van der Waals surface area contributed by atoms with Crippen molar-refractivity contribution >= 4 is 17.3 Å². The number of hydrogen-bond donors (Lipinski definition) is 2. The van der Waals surface area contributed by atoms with Crippen molar-refractivity contribution in [1.29, 1.82) is 0 Å². The number of nitrogens with zero attached hydrogens (tertiary/aromatic N) is 2. The lowest BCUT2D eigenvalue weighted by molar-refractivity contribution is -0.383. The highest BCUT2D eigenvalue weighted by Gasteiger charge is 2.18. The standard InChI is InChI=1S/C12H17N3O4/c1-8(16)7-14(3)12(17)9-4-5-11(15(18)19)10(6-9)13-2/h4-6,8,13,16H,7H2,1-3H3. The smallest absolute Gasteiger partial charge is 0.292 e. The highest BCUT2D eigenvalue weighted by atomic mass is 16.6. The molecule has 0 saturated heterocycles. The Labute approximate surface area is 111 Å². The molecule has 1 aromatic carbocycles. The lowest BCUT2D eigenvalue weighted by Gasteiger charge is -2.19. The molecule has 0 aliphatic carbocycles. The Hall–Kier alpha value is -2.15. The second-order valence-electron chi connectivity index (χ2n) is 4.27. The van der Waals surface area contributed by atoms with E-state index in [4.69, 9.17) is 0 Å². The molecule has 0 heterocycles. The van der Waals surface area contributed by atoms with Crippen LogP contribution < -0.4 is 5.32 Å². The number of anilines is 1. The summed E-state index contributed by atoms with van der Waals surface area (Å²) >= 11 is 0. The first kappa shape index (κ1) is 14.9. The SMILES string of the molecule is CNc1cc(C(=O)N(C)CC(C)O)ccc1[N+](=O)[O-]. The summed E-state index contributed by atoms with van der Waals surface area (Å²) in [5.41, 5.74) is 0.525. The zero-order valence-electron chi connectivity index (χ0n) is 11.1. The maximum Gasteiger partial charge on any atom is 0.292 e. The van der Waals surface area contributed by atoms with Gasteiger partial charge in [-0.25, -0.2) is 0 Å². The van der Waals surface area contributed by atoms with E-state index in [-0.39, 0.29) is 23.8 Å². The van der Waals surface area contributed by atoms with E-state index in [0.29, 0.717) is 5.56 Å². The lowest BCUT2D eigenvalue weighted by atomic mass is 10.1. The van der Waals surface area contributed by atoms with Crippen LogP contribution in [0.3, 0.4) is 0 Å². The molecular weight excluding hydrogens is 250 g/mol. The van der Waals surface area contributed by atoms with Crippen LogP contribution in [0.15, 0.2) is 18.2 Å². The fourth-order valence-corrected chi connectivity index (χ4v) is 1.73. The number of nitrogens with one attached hydrogen (secondary N) is 1. The van der Waals surface area contributed by atoms with Gasteiger partial charge in [0.25, 0.3) is 11.6 Å². The first-order valence-corrected chi connectivity index (χ1v) is 5.76. The van der Waals surface area contributed by atoms with Gasteiger partial charge in [0.1, 0.15) is 5.69 Å². The van der Waals surface area contributed by atoms with Crippen LogP contribution >= 0.6 is 0 Å². The number of nitro groups is 1. The number of nitro benzene ring substituents is 1. The number of carbonyl (C=O) groups is 1. The predicted octanol–water partition coefficient (Wildman–Crippen LogP) is 1.09. The summed E-state index contributed by atoms with van der Waals surface area (Å²) in [5.74, 6) is -0.299. The van der Waals surface area contributed by atoms with Gasteiger partial charge in [0.2, 0.25) is 0 Å². The van der Waals surface area contributed by atoms with Crippen molar-refractivity contribution in [2.45, 2.75) is 13.0 Å². The van der Waals surface area contributed by atoms with Gasteiger partial charge in [0, 0.05) is 32.3 Å². The minimum Gasteiger partial charge on any atom is -0.392 e. The molecule has 1 unspecified atom stereocenters. The highest BCUT2D eigenvalue weighted by Crippen LogP contribution is 2.25. The molecular formula is C12H17N3O4. The number of carbonyl (C=O) groups excluding carboxylic acids is 1. The zero-order valence-corrected chi connectivity index (χ0v) is 11.1. The summed E-state index contributed by atoms with van der Waals surface area (Å²) in [6, 6.07) is 4.12. The molecule has 1 amide bonds. The van der Waals surface area contributed by atoms with Crippen LogP contribution in [-0.4, -0.2) is 47.6 Å². The number of aliphatic hydroxyl groups excluding tert-OH is 1. The molecule has 0 saturated carbocycles. The number of rotatable bonds is 5. The molecule has 1 aromatic rings. The molecule has 0 aromatic heterocycles. The summed E-state index contributed by atoms with van der Waals surface area (Å²) < 4.78 is 0. The third kappa shape index (κ3) is 3.65. The first-order valence-electron chi connectivity index (χ1n) is 5.76. The number of aliphatic hydroxyl groups is 1. The van der Waals surface area contributed by atoms with Crippen molar-refractivity contribution in [3.8, 4) is 0 Å². The number of benzene rings is 1. The Bertz CT molecular complexity index is 488. The molecule has 7 heteroatoms. The Kier molecular flexibility index (Phi) is 4.82. The number of amides is 1. The lowest BCUT2D eigenvalue weighted by Crippen LogP contribution is -2.33. The van der Waals surface area contributed by atoms with Crippen molar-refractivity contribution in [1.82, 2.24) is 4.90 Å². The Morgan fingerprint density at radius 3 is 2.68 bits per heavy atom. The monoisotopic (exact) mass is 267 g/mol. The van der Waals surface area contributed by atoms with Crippen LogP contribution in [0.1, 0.15) is 17.3 Å². The maximum absolute atomic E-state index is 12.0. The van der Waals surface area contributed by atoms with E-state index >= 15 is 0 Å². The van der Waals surface area contributed by atoms with Crippen LogP contribution in [0.4, 0.5) is 11.4 Å². The third-order valence-corrected chi connectivity index (χ3v) is 2.59. The van der Waals surface area contributed by atoms with Crippen LogP contribution in [-0.2, 0) is 0 Å². The summed E-state index contributed by atoms with van der Waals surface area (Å²) in [5, 5.41) is 22.7. The van der Waals surface area contributed by atoms with Gasteiger partial charge in [-0.1, -0.05) is 0 Å². The highest BCUT2D eigenvalue weighted by molar-refractivity contribution is 5.95. The van der Waals surface area contributed by atoms with E-state index in [1.807, 2.05) is 0 Å². The second-order valence-corrected chi connectivity index (χ2v) is 4.27. The fourth-order valence-electron chi connectivity index (χ4n) is 1.73. The van der Waals surface area contributed by atoms with Gasteiger partial charge < -0.3 is 15.3 Å². The van der Waals surface area contributed by atoms with Gasteiger partial charge in [-0.05, 0) is 19.1 Å². The largest absolute Gasteiger partial charge is 0.392 e. The van der Waals surface area contributed by atoms with E-state index in [0.717, 1.165) is 0 Å². The van der Waals surface area contributed by atoms with Crippen LogP contribution in [0.5, 0.6) is 0 Å². The summed E-state index contributed by atoms with van der Waals surface area (Å²) in [4.78, 5) is 23.7. The Morgan fingerprint density at radius 1 is 1.58 bits per heavy atom. The molecule has 0 aliphatic rings. The minimum atomic E-state index is -0.629. The maximum atomic E-state index is 12.0. The van der Waals surface area contributed by atoms with E-state index in [2.05, 4.69) is 5.32 Å². The predicted molar refractivity (Wildman–Crippen MR) is 71.3 cm³/mol. The van der Waals surface area contributed by atoms with Crippen molar-refractivity contribution < 1.29 is 14.8 Å². The van der Waals surface area contributed by atoms with Gasteiger partial charge in [-0.15, -0.1) is 0 Å². The summed E-state index contributed by atoms with van der Waals surface area (Å²) in [6.07, 6.45) is -0.629. The average Bonchev–Trinajstić information content (AvgIpc) is 2.36. The normalized spacial score (nSPS) is 11.8. The molecule has 0 aliphatic heterocycles.